The summed E-state index contributed by atoms with van der Waals surface area (Å²) in [6.07, 6.45) is 1.74. The molecule has 0 aliphatic rings. The van der Waals surface area contributed by atoms with Gasteiger partial charge >= 0.3 is 0 Å². The van der Waals surface area contributed by atoms with Gasteiger partial charge in [-0.05, 0) is 31.5 Å². The monoisotopic (exact) mass is 325 g/mol. The SMILES string of the molecule is CCCc1nc(Cl)c(C)c(Nc2cc(Cl)ccc2OC)n1. The highest BCUT2D eigenvalue weighted by molar-refractivity contribution is 6.31. The van der Waals surface area contributed by atoms with E-state index < -0.39 is 0 Å². The van der Waals surface area contributed by atoms with Crippen LogP contribution in [0.3, 0.4) is 0 Å². The van der Waals surface area contributed by atoms with Crippen LogP contribution in [-0.4, -0.2) is 17.1 Å². The lowest BCUT2D eigenvalue weighted by Gasteiger charge is -2.14. The van der Waals surface area contributed by atoms with Crippen LogP contribution in [0.2, 0.25) is 10.2 Å². The molecule has 1 aromatic heterocycles. The summed E-state index contributed by atoms with van der Waals surface area (Å²) in [5.41, 5.74) is 1.53. The van der Waals surface area contributed by atoms with Crippen molar-refractivity contribution in [2.24, 2.45) is 0 Å². The number of methoxy groups -OCH3 is 1. The number of aryl methyl sites for hydroxylation is 1. The molecule has 0 unspecified atom stereocenters. The number of nitrogens with zero attached hydrogens (tertiary/aromatic N) is 2. The first-order chi connectivity index (χ1) is 10.0. The highest BCUT2D eigenvalue weighted by atomic mass is 35.5. The number of anilines is 2. The Labute approximate surface area is 134 Å². The highest BCUT2D eigenvalue weighted by Crippen LogP contribution is 2.32. The molecule has 4 nitrogen and oxygen atoms in total. The van der Waals surface area contributed by atoms with Gasteiger partial charge in [0.1, 0.15) is 22.5 Å². The minimum atomic E-state index is 0.456. The molecule has 0 amide bonds. The van der Waals surface area contributed by atoms with Crippen LogP contribution in [0.4, 0.5) is 11.5 Å². The second kappa shape index (κ2) is 6.96. The van der Waals surface area contributed by atoms with Crippen LogP contribution in [0.25, 0.3) is 0 Å². The summed E-state index contributed by atoms with van der Waals surface area (Å²) < 4.78 is 5.32. The summed E-state index contributed by atoms with van der Waals surface area (Å²) in [6.45, 7) is 3.95. The summed E-state index contributed by atoms with van der Waals surface area (Å²) in [6, 6.07) is 5.36. The van der Waals surface area contributed by atoms with E-state index in [-0.39, 0.29) is 0 Å². The first kappa shape index (κ1) is 15.9. The number of hydrogen-bond acceptors (Lipinski definition) is 4. The van der Waals surface area contributed by atoms with Gasteiger partial charge in [-0.1, -0.05) is 30.1 Å². The van der Waals surface area contributed by atoms with Gasteiger partial charge in [0.15, 0.2) is 0 Å². The Kier molecular flexibility index (Phi) is 5.26. The van der Waals surface area contributed by atoms with Crippen molar-refractivity contribution in [2.45, 2.75) is 26.7 Å². The van der Waals surface area contributed by atoms with Crippen molar-refractivity contribution in [1.82, 2.24) is 9.97 Å². The Balaban J connectivity index is 2.41. The van der Waals surface area contributed by atoms with E-state index in [0.717, 1.165) is 29.9 Å². The predicted octanol–water partition coefficient (Wildman–Crippen LogP) is 4.80. The van der Waals surface area contributed by atoms with Crippen LogP contribution in [0.15, 0.2) is 18.2 Å². The third-order valence-corrected chi connectivity index (χ3v) is 3.62. The number of aromatic nitrogens is 2. The van der Waals surface area contributed by atoms with Gasteiger partial charge in [0.2, 0.25) is 0 Å². The Hall–Kier alpha value is -1.52. The van der Waals surface area contributed by atoms with Crippen molar-refractivity contribution >= 4 is 34.7 Å². The smallest absolute Gasteiger partial charge is 0.142 e. The second-order valence-electron chi connectivity index (χ2n) is 4.62. The van der Waals surface area contributed by atoms with E-state index in [1.165, 1.54) is 0 Å². The molecular formula is C15H17Cl2N3O. The van der Waals surface area contributed by atoms with E-state index in [0.29, 0.717) is 21.7 Å². The minimum Gasteiger partial charge on any atom is -0.495 e. The van der Waals surface area contributed by atoms with Gasteiger partial charge in [-0.15, -0.1) is 0 Å². The summed E-state index contributed by atoms with van der Waals surface area (Å²) in [5.74, 6) is 2.07. The molecule has 0 spiro atoms. The predicted molar refractivity (Wildman–Crippen MR) is 87.1 cm³/mol. The van der Waals surface area contributed by atoms with Gasteiger partial charge < -0.3 is 10.1 Å². The number of nitrogens with one attached hydrogen (secondary N) is 1. The Morgan fingerprint density at radius 3 is 2.67 bits per heavy atom. The molecule has 1 heterocycles. The molecule has 112 valence electrons. The second-order valence-corrected chi connectivity index (χ2v) is 5.42. The van der Waals surface area contributed by atoms with E-state index in [1.54, 1.807) is 25.3 Å². The average Bonchev–Trinajstić information content (AvgIpc) is 2.45. The number of hydrogen-bond donors (Lipinski definition) is 1. The van der Waals surface area contributed by atoms with Crippen molar-refractivity contribution in [1.29, 1.82) is 0 Å². The highest BCUT2D eigenvalue weighted by Gasteiger charge is 2.12. The molecule has 0 fully saturated rings. The van der Waals surface area contributed by atoms with Gasteiger partial charge in [-0.3, -0.25) is 0 Å². The molecule has 1 N–H and O–H groups in total. The van der Waals surface area contributed by atoms with E-state index in [4.69, 9.17) is 27.9 Å². The first-order valence-corrected chi connectivity index (χ1v) is 7.44. The molecule has 21 heavy (non-hydrogen) atoms. The molecule has 0 bridgehead atoms. The number of rotatable bonds is 5. The molecule has 0 saturated carbocycles. The van der Waals surface area contributed by atoms with Gasteiger partial charge in [0.05, 0.1) is 12.8 Å². The van der Waals surface area contributed by atoms with E-state index >= 15 is 0 Å². The van der Waals surface area contributed by atoms with Crippen LogP contribution in [0, 0.1) is 6.92 Å². The van der Waals surface area contributed by atoms with Gasteiger partial charge in [-0.25, -0.2) is 9.97 Å². The van der Waals surface area contributed by atoms with Crippen molar-refractivity contribution < 1.29 is 4.74 Å². The van der Waals surface area contributed by atoms with E-state index in [1.807, 2.05) is 6.92 Å². The lowest BCUT2D eigenvalue weighted by molar-refractivity contribution is 0.417. The molecule has 2 rings (SSSR count). The van der Waals surface area contributed by atoms with Gasteiger partial charge in [-0.2, -0.15) is 0 Å². The zero-order valence-corrected chi connectivity index (χ0v) is 13.7. The standard InChI is InChI=1S/C15H17Cl2N3O/c1-4-5-13-19-14(17)9(2)15(20-13)18-11-8-10(16)6-7-12(11)21-3/h6-8H,4-5H2,1-3H3,(H,18,19,20). The molecule has 0 radical (unpaired) electrons. The lowest BCUT2D eigenvalue weighted by Crippen LogP contribution is -2.04. The Morgan fingerprint density at radius 1 is 1.24 bits per heavy atom. The Morgan fingerprint density at radius 2 is 2.00 bits per heavy atom. The van der Waals surface area contributed by atoms with Crippen LogP contribution in [-0.2, 0) is 6.42 Å². The van der Waals surface area contributed by atoms with E-state index in [9.17, 15) is 0 Å². The molecule has 0 aliphatic heterocycles. The fourth-order valence-corrected chi connectivity index (χ4v) is 2.25. The molecular weight excluding hydrogens is 309 g/mol. The van der Waals surface area contributed by atoms with Crippen molar-refractivity contribution in [3.63, 3.8) is 0 Å². The summed E-state index contributed by atoms with van der Waals surface area (Å²) in [5, 5.41) is 4.30. The maximum absolute atomic E-state index is 6.18. The minimum absolute atomic E-state index is 0.456. The molecule has 0 aliphatic carbocycles. The van der Waals surface area contributed by atoms with Crippen LogP contribution >= 0.6 is 23.2 Å². The first-order valence-electron chi connectivity index (χ1n) is 6.68. The summed E-state index contributed by atoms with van der Waals surface area (Å²) >= 11 is 12.2. The molecule has 2 aromatic rings. The normalized spacial score (nSPS) is 10.5. The molecule has 0 saturated heterocycles. The zero-order chi connectivity index (χ0) is 15.4. The molecule has 6 heteroatoms. The number of ether oxygens (including phenoxy) is 1. The lowest BCUT2D eigenvalue weighted by atomic mass is 10.2. The maximum atomic E-state index is 6.18. The average molecular weight is 326 g/mol. The third kappa shape index (κ3) is 3.77. The van der Waals surface area contributed by atoms with Crippen molar-refractivity contribution in [3.05, 3.63) is 39.8 Å². The van der Waals surface area contributed by atoms with Crippen molar-refractivity contribution in [3.8, 4) is 5.75 Å². The molecule has 0 atom stereocenters. The fourth-order valence-electron chi connectivity index (χ4n) is 1.90. The van der Waals surface area contributed by atoms with Gasteiger partial charge in [0, 0.05) is 17.0 Å². The number of benzene rings is 1. The fraction of sp³-hybridized carbons (Fsp3) is 0.333. The zero-order valence-electron chi connectivity index (χ0n) is 12.2. The summed E-state index contributed by atoms with van der Waals surface area (Å²) in [7, 11) is 1.61. The Bertz CT molecular complexity index is 647. The number of halogens is 2. The quantitative estimate of drug-likeness (QED) is 0.802. The third-order valence-electron chi connectivity index (χ3n) is 3.02. The largest absolute Gasteiger partial charge is 0.495 e. The topological polar surface area (TPSA) is 47.0 Å². The van der Waals surface area contributed by atoms with Gasteiger partial charge in [0.25, 0.3) is 0 Å². The van der Waals surface area contributed by atoms with Crippen LogP contribution < -0.4 is 10.1 Å². The maximum Gasteiger partial charge on any atom is 0.142 e. The molecule has 1 aromatic carbocycles. The summed E-state index contributed by atoms with van der Waals surface area (Å²) in [4.78, 5) is 8.80. The van der Waals surface area contributed by atoms with Crippen LogP contribution in [0.1, 0.15) is 24.7 Å². The van der Waals surface area contributed by atoms with Crippen LogP contribution in [0.5, 0.6) is 5.75 Å². The van der Waals surface area contributed by atoms with Crippen molar-refractivity contribution in [2.75, 3.05) is 12.4 Å². The van der Waals surface area contributed by atoms with E-state index in [2.05, 4.69) is 22.2 Å².